The number of hydrogen-bond donors (Lipinski definition) is 0. The predicted octanol–water partition coefficient (Wildman–Crippen LogP) is 3.15. The zero-order valence-electron chi connectivity index (χ0n) is 17.0. The average Bonchev–Trinajstić information content (AvgIpc) is 3.24. The highest BCUT2D eigenvalue weighted by atomic mass is 16.5. The van der Waals surface area contributed by atoms with Gasteiger partial charge in [-0.3, -0.25) is 14.5 Å². The Labute approximate surface area is 161 Å². The molecule has 1 aliphatic heterocycles. The maximum Gasteiger partial charge on any atom is 0.243 e. The van der Waals surface area contributed by atoms with Gasteiger partial charge < -0.3 is 4.52 Å². The van der Waals surface area contributed by atoms with Gasteiger partial charge in [0, 0.05) is 37.3 Å². The molecule has 0 bridgehead atoms. The molecule has 1 saturated carbocycles. The Morgan fingerprint density at radius 3 is 2.81 bits per heavy atom. The second-order valence-electron chi connectivity index (χ2n) is 8.30. The molecule has 4 rings (SSSR count). The summed E-state index contributed by atoms with van der Waals surface area (Å²) in [6.45, 7) is 7.68. The van der Waals surface area contributed by atoms with Crippen molar-refractivity contribution in [2.45, 2.75) is 57.5 Å². The van der Waals surface area contributed by atoms with Crippen molar-refractivity contribution in [2.75, 3.05) is 26.7 Å². The molecule has 0 N–H and O–H groups in total. The van der Waals surface area contributed by atoms with Gasteiger partial charge in [-0.2, -0.15) is 10.1 Å². The zero-order chi connectivity index (χ0) is 19.0. The molecule has 2 fully saturated rings. The van der Waals surface area contributed by atoms with E-state index in [2.05, 4.69) is 52.1 Å². The van der Waals surface area contributed by atoms with Crippen LogP contribution in [0.4, 0.5) is 0 Å². The van der Waals surface area contributed by atoms with E-state index in [-0.39, 0.29) is 6.04 Å². The molecule has 0 radical (unpaired) electrons. The van der Waals surface area contributed by atoms with Gasteiger partial charge in [0.2, 0.25) is 5.89 Å². The molecule has 7 heteroatoms. The van der Waals surface area contributed by atoms with E-state index in [9.17, 15) is 0 Å². The van der Waals surface area contributed by atoms with Gasteiger partial charge in [0.25, 0.3) is 0 Å². The third-order valence-corrected chi connectivity index (χ3v) is 6.27. The van der Waals surface area contributed by atoms with Crippen molar-refractivity contribution in [1.29, 1.82) is 0 Å². The Hall–Kier alpha value is -1.73. The fourth-order valence-electron chi connectivity index (χ4n) is 4.41. The molecule has 3 heterocycles. The number of aryl methyl sites for hydroxylation is 1. The van der Waals surface area contributed by atoms with Crippen LogP contribution in [0, 0.1) is 5.92 Å². The smallest absolute Gasteiger partial charge is 0.243 e. The van der Waals surface area contributed by atoms with E-state index in [1.807, 2.05) is 17.9 Å². The average molecular weight is 373 g/mol. The minimum absolute atomic E-state index is 0.136. The molecular formula is C20H32N6O. The highest BCUT2D eigenvalue weighted by Gasteiger charge is 2.35. The van der Waals surface area contributed by atoms with Crippen LogP contribution < -0.4 is 0 Å². The second kappa shape index (κ2) is 7.72. The van der Waals surface area contributed by atoms with Crippen molar-refractivity contribution in [3.05, 3.63) is 29.7 Å². The molecule has 2 aromatic heterocycles. The lowest BCUT2D eigenvalue weighted by atomic mass is 9.85. The van der Waals surface area contributed by atoms with E-state index in [0.717, 1.165) is 24.8 Å². The summed E-state index contributed by atoms with van der Waals surface area (Å²) in [6, 6.07) is 0.563. The number of nitrogens with zero attached hydrogens (tertiary/aromatic N) is 6. The Bertz CT molecular complexity index is 751. The van der Waals surface area contributed by atoms with Crippen LogP contribution >= 0.6 is 0 Å². The topological polar surface area (TPSA) is 63.2 Å². The Morgan fingerprint density at radius 1 is 1.33 bits per heavy atom. The summed E-state index contributed by atoms with van der Waals surface area (Å²) in [4.78, 5) is 9.63. The van der Waals surface area contributed by atoms with Crippen LogP contribution in [0.2, 0.25) is 0 Å². The normalized spacial score (nSPS) is 25.2. The lowest BCUT2D eigenvalue weighted by Gasteiger charge is -2.42. The van der Waals surface area contributed by atoms with Gasteiger partial charge in [-0.15, -0.1) is 0 Å². The van der Waals surface area contributed by atoms with Gasteiger partial charge in [-0.05, 0) is 58.7 Å². The van der Waals surface area contributed by atoms with Crippen LogP contribution in [0.5, 0.6) is 0 Å². The molecule has 0 amide bonds. The van der Waals surface area contributed by atoms with Crippen molar-refractivity contribution >= 4 is 0 Å². The lowest BCUT2D eigenvalue weighted by Crippen LogP contribution is -2.43. The van der Waals surface area contributed by atoms with E-state index < -0.39 is 0 Å². The van der Waals surface area contributed by atoms with Crippen LogP contribution in [0.1, 0.15) is 74.8 Å². The quantitative estimate of drug-likeness (QED) is 0.744. The van der Waals surface area contributed by atoms with Gasteiger partial charge in [0.15, 0.2) is 5.82 Å². The number of piperidine rings is 1. The highest BCUT2D eigenvalue weighted by Crippen LogP contribution is 2.39. The zero-order valence-corrected chi connectivity index (χ0v) is 17.0. The van der Waals surface area contributed by atoms with Crippen molar-refractivity contribution in [3.8, 4) is 0 Å². The summed E-state index contributed by atoms with van der Waals surface area (Å²) in [5.74, 6) is 2.75. The summed E-state index contributed by atoms with van der Waals surface area (Å²) < 4.78 is 7.48. The van der Waals surface area contributed by atoms with E-state index in [1.54, 1.807) is 0 Å². The molecule has 2 aliphatic rings. The van der Waals surface area contributed by atoms with E-state index in [1.165, 1.54) is 37.8 Å². The SMILES string of the molecule is CCN1CCC[C@@H](CN(C)C(C)c2nc(C3CC3)no2)[C@@H]1c1cnn(C)c1. The van der Waals surface area contributed by atoms with Crippen molar-refractivity contribution < 1.29 is 4.52 Å². The molecule has 2 aromatic rings. The summed E-state index contributed by atoms with van der Waals surface area (Å²) in [6.07, 6.45) is 9.11. The minimum Gasteiger partial charge on any atom is -0.338 e. The Kier molecular flexibility index (Phi) is 5.32. The largest absolute Gasteiger partial charge is 0.338 e. The lowest BCUT2D eigenvalue weighted by molar-refractivity contribution is 0.0638. The summed E-state index contributed by atoms with van der Waals surface area (Å²) in [7, 11) is 4.18. The fraction of sp³-hybridized carbons (Fsp3) is 0.750. The summed E-state index contributed by atoms with van der Waals surface area (Å²) in [5, 5.41) is 8.61. The van der Waals surface area contributed by atoms with Crippen LogP contribution in [-0.4, -0.2) is 56.4 Å². The molecule has 1 aliphatic carbocycles. The summed E-state index contributed by atoms with van der Waals surface area (Å²) in [5.41, 5.74) is 1.33. The van der Waals surface area contributed by atoms with E-state index >= 15 is 0 Å². The molecular weight excluding hydrogens is 340 g/mol. The molecule has 3 atom stereocenters. The first-order valence-corrected chi connectivity index (χ1v) is 10.3. The second-order valence-corrected chi connectivity index (χ2v) is 8.30. The van der Waals surface area contributed by atoms with Gasteiger partial charge >= 0.3 is 0 Å². The molecule has 148 valence electrons. The third kappa shape index (κ3) is 3.94. The van der Waals surface area contributed by atoms with Crippen LogP contribution in [-0.2, 0) is 7.05 Å². The van der Waals surface area contributed by atoms with E-state index in [0.29, 0.717) is 17.9 Å². The molecule has 7 nitrogen and oxygen atoms in total. The predicted molar refractivity (Wildman–Crippen MR) is 103 cm³/mol. The Balaban J connectivity index is 1.47. The van der Waals surface area contributed by atoms with E-state index in [4.69, 9.17) is 4.52 Å². The monoisotopic (exact) mass is 372 g/mol. The van der Waals surface area contributed by atoms with Gasteiger partial charge in [-0.25, -0.2) is 0 Å². The molecule has 27 heavy (non-hydrogen) atoms. The number of rotatable bonds is 7. The Morgan fingerprint density at radius 2 is 2.15 bits per heavy atom. The third-order valence-electron chi connectivity index (χ3n) is 6.27. The molecule has 1 unspecified atom stereocenters. The summed E-state index contributed by atoms with van der Waals surface area (Å²) >= 11 is 0. The van der Waals surface area contributed by atoms with Crippen molar-refractivity contribution in [3.63, 3.8) is 0 Å². The van der Waals surface area contributed by atoms with Gasteiger partial charge in [-0.1, -0.05) is 12.1 Å². The molecule has 0 spiro atoms. The first kappa shape index (κ1) is 18.6. The molecule has 0 aromatic carbocycles. The maximum atomic E-state index is 5.57. The van der Waals surface area contributed by atoms with Crippen molar-refractivity contribution in [1.82, 2.24) is 29.7 Å². The van der Waals surface area contributed by atoms with Crippen LogP contribution in [0.25, 0.3) is 0 Å². The minimum atomic E-state index is 0.136. The fourth-order valence-corrected chi connectivity index (χ4v) is 4.41. The number of hydrogen-bond acceptors (Lipinski definition) is 6. The van der Waals surface area contributed by atoms with Crippen LogP contribution in [0.15, 0.2) is 16.9 Å². The maximum absolute atomic E-state index is 5.57. The van der Waals surface area contributed by atoms with Gasteiger partial charge in [0.1, 0.15) is 0 Å². The standard InChI is InChI=1S/C20H32N6O/c1-5-26-10-6-7-16(18(26)17-11-21-25(4)13-17)12-24(3)14(2)20-22-19(23-27-20)15-8-9-15/h11,13-16,18H,5-10,12H2,1-4H3/t14?,16-,18+/m0/s1. The van der Waals surface area contributed by atoms with Gasteiger partial charge in [0.05, 0.1) is 12.2 Å². The van der Waals surface area contributed by atoms with Crippen LogP contribution in [0.3, 0.4) is 0 Å². The number of aromatic nitrogens is 4. The highest BCUT2D eigenvalue weighted by molar-refractivity contribution is 5.14. The first-order valence-electron chi connectivity index (χ1n) is 10.3. The first-order chi connectivity index (χ1) is 13.1. The number of likely N-dealkylation sites (tertiary alicyclic amines) is 1. The molecule has 1 saturated heterocycles. The van der Waals surface area contributed by atoms with Crippen molar-refractivity contribution in [2.24, 2.45) is 13.0 Å².